The minimum atomic E-state index is -0.384. The van der Waals surface area contributed by atoms with Gasteiger partial charge >= 0.3 is 0 Å². The van der Waals surface area contributed by atoms with Crippen molar-refractivity contribution in [1.82, 2.24) is 0 Å². The first-order valence-electron chi connectivity index (χ1n) is 5.53. The molecule has 1 aliphatic carbocycles. The van der Waals surface area contributed by atoms with Crippen molar-refractivity contribution >= 4 is 15.9 Å². The predicted octanol–water partition coefficient (Wildman–Crippen LogP) is 2.66. The van der Waals surface area contributed by atoms with Gasteiger partial charge in [0.25, 0.3) is 0 Å². The molecule has 1 unspecified atom stereocenters. The molecule has 4 heteroatoms. The molecule has 0 bridgehead atoms. The number of halogens is 1. The van der Waals surface area contributed by atoms with E-state index in [-0.39, 0.29) is 6.10 Å². The zero-order chi connectivity index (χ0) is 11.1. The van der Waals surface area contributed by atoms with Crippen LogP contribution >= 0.6 is 15.9 Å². The van der Waals surface area contributed by atoms with Crippen LogP contribution in [0.1, 0.15) is 24.5 Å². The lowest BCUT2D eigenvalue weighted by atomic mass is 10.0. The summed E-state index contributed by atoms with van der Waals surface area (Å²) in [5.74, 6) is 1.91. The third-order valence-corrected chi connectivity index (χ3v) is 3.74. The van der Waals surface area contributed by atoms with E-state index in [4.69, 9.17) is 9.47 Å². The molecule has 16 heavy (non-hydrogen) atoms. The summed E-state index contributed by atoms with van der Waals surface area (Å²) in [6.07, 6.45) is 1.84. The SMILES string of the molecule is OC(c1cc2c(cc1Br)OCCO2)C1CC1. The fourth-order valence-electron chi connectivity index (χ4n) is 1.97. The van der Waals surface area contributed by atoms with Gasteiger partial charge in [-0.3, -0.25) is 0 Å². The number of fused-ring (bicyclic) bond motifs is 1. The summed E-state index contributed by atoms with van der Waals surface area (Å²) in [7, 11) is 0. The molecule has 86 valence electrons. The maximum atomic E-state index is 10.1. The van der Waals surface area contributed by atoms with Gasteiger partial charge in [-0.2, -0.15) is 0 Å². The van der Waals surface area contributed by atoms with E-state index in [1.807, 2.05) is 12.1 Å². The molecule has 2 aliphatic rings. The average Bonchev–Trinajstić information content (AvgIpc) is 3.11. The molecule has 1 fully saturated rings. The van der Waals surface area contributed by atoms with Crippen LogP contribution in [-0.4, -0.2) is 18.3 Å². The van der Waals surface area contributed by atoms with Crippen LogP contribution < -0.4 is 9.47 Å². The van der Waals surface area contributed by atoms with Gasteiger partial charge in [-0.05, 0) is 36.5 Å². The number of hydrogen-bond donors (Lipinski definition) is 1. The van der Waals surface area contributed by atoms with Crippen LogP contribution in [0.2, 0.25) is 0 Å². The second kappa shape index (κ2) is 3.93. The van der Waals surface area contributed by atoms with Crippen LogP contribution in [0.25, 0.3) is 0 Å². The van der Waals surface area contributed by atoms with E-state index < -0.39 is 0 Å². The molecule has 0 aromatic heterocycles. The maximum Gasteiger partial charge on any atom is 0.162 e. The zero-order valence-corrected chi connectivity index (χ0v) is 10.4. The maximum absolute atomic E-state index is 10.1. The molecule has 1 aromatic carbocycles. The van der Waals surface area contributed by atoms with Gasteiger partial charge in [-0.25, -0.2) is 0 Å². The molecule has 1 N–H and O–H groups in total. The largest absolute Gasteiger partial charge is 0.486 e. The van der Waals surface area contributed by atoms with Gasteiger partial charge in [0.1, 0.15) is 13.2 Å². The van der Waals surface area contributed by atoms with Gasteiger partial charge < -0.3 is 14.6 Å². The molecule has 1 saturated carbocycles. The van der Waals surface area contributed by atoms with Crippen molar-refractivity contribution in [3.63, 3.8) is 0 Å². The number of aliphatic hydroxyl groups excluding tert-OH is 1. The molecule has 1 atom stereocenters. The lowest BCUT2D eigenvalue weighted by Crippen LogP contribution is -2.16. The van der Waals surface area contributed by atoms with Crippen LogP contribution in [0, 0.1) is 5.92 Å². The third kappa shape index (κ3) is 1.80. The van der Waals surface area contributed by atoms with E-state index in [1.54, 1.807) is 0 Å². The Morgan fingerprint density at radius 3 is 2.44 bits per heavy atom. The van der Waals surface area contributed by atoms with Crippen LogP contribution in [0.4, 0.5) is 0 Å². The van der Waals surface area contributed by atoms with Crippen molar-refractivity contribution in [2.24, 2.45) is 5.92 Å². The summed E-state index contributed by atoms with van der Waals surface area (Å²) in [6, 6.07) is 3.77. The van der Waals surface area contributed by atoms with Crippen molar-refractivity contribution < 1.29 is 14.6 Å². The minimum Gasteiger partial charge on any atom is -0.486 e. The molecule has 3 nitrogen and oxygen atoms in total. The van der Waals surface area contributed by atoms with Gasteiger partial charge in [-0.1, -0.05) is 15.9 Å². The Balaban J connectivity index is 1.97. The molecular weight excluding hydrogens is 272 g/mol. The van der Waals surface area contributed by atoms with E-state index in [1.165, 1.54) is 0 Å². The van der Waals surface area contributed by atoms with Crippen LogP contribution in [0.3, 0.4) is 0 Å². The Morgan fingerprint density at radius 1 is 1.19 bits per heavy atom. The average molecular weight is 285 g/mol. The first-order valence-corrected chi connectivity index (χ1v) is 6.32. The topological polar surface area (TPSA) is 38.7 Å². The van der Waals surface area contributed by atoms with Gasteiger partial charge in [-0.15, -0.1) is 0 Å². The summed E-state index contributed by atoms with van der Waals surface area (Å²) >= 11 is 3.48. The molecular formula is C12H13BrO3. The molecule has 0 radical (unpaired) electrons. The number of rotatable bonds is 2. The Labute approximate surface area is 102 Å². The molecule has 3 rings (SSSR count). The predicted molar refractivity (Wildman–Crippen MR) is 62.8 cm³/mol. The Kier molecular flexibility index (Phi) is 2.56. The Hall–Kier alpha value is -0.740. The molecule has 1 heterocycles. The number of benzene rings is 1. The van der Waals surface area contributed by atoms with E-state index >= 15 is 0 Å². The van der Waals surface area contributed by atoms with E-state index in [0.29, 0.717) is 19.1 Å². The van der Waals surface area contributed by atoms with Crippen LogP contribution in [-0.2, 0) is 0 Å². The monoisotopic (exact) mass is 284 g/mol. The summed E-state index contributed by atoms with van der Waals surface area (Å²) in [5.41, 5.74) is 0.909. The van der Waals surface area contributed by atoms with Crippen molar-refractivity contribution in [3.05, 3.63) is 22.2 Å². The fourth-order valence-corrected chi connectivity index (χ4v) is 2.53. The summed E-state index contributed by atoms with van der Waals surface area (Å²) < 4.78 is 11.9. The highest BCUT2D eigenvalue weighted by atomic mass is 79.9. The van der Waals surface area contributed by atoms with Gasteiger partial charge in [0.15, 0.2) is 11.5 Å². The Bertz CT molecular complexity index is 415. The molecule has 0 saturated heterocycles. The van der Waals surface area contributed by atoms with E-state index in [0.717, 1.165) is 34.4 Å². The lowest BCUT2D eigenvalue weighted by molar-refractivity contribution is 0.148. The van der Waals surface area contributed by atoms with Gasteiger partial charge in [0.2, 0.25) is 0 Å². The van der Waals surface area contributed by atoms with Crippen molar-refractivity contribution in [2.75, 3.05) is 13.2 Å². The second-order valence-electron chi connectivity index (χ2n) is 4.30. The molecule has 0 amide bonds. The smallest absolute Gasteiger partial charge is 0.162 e. The van der Waals surface area contributed by atoms with E-state index in [9.17, 15) is 5.11 Å². The van der Waals surface area contributed by atoms with Crippen molar-refractivity contribution in [1.29, 1.82) is 0 Å². The lowest BCUT2D eigenvalue weighted by Gasteiger charge is -2.21. The van der Waals surface area contributed by atoms with Crippen LogP contribution in [0.15, 0.2) is 16.6 Å². The fraction of sp³-hybridized carbons (Fsp3) is 0.500. The number of ether oxygens (including phenoxy) is 2. The highest BCUT2D eigenvalue weighted by molar-refractivity contribution is 9.10. The standard InChI is InChI=1S/C12H13BrO3/c13-9-6-11-10(15-3-4-16-11)5-8(9)12(14)7-1-2-7/h5-7,12,14H,1-4H2. The second-order valence-corrected chi connectivity index (χ2v) is 5.15. The first-order chi connectivity index (χ1) is 7.75. The van der Waals surface area contributed by atoms with Crippen molar-refractivity contribution in [3.8, 4) is 11.5 Å². The van der Waals surface area contributed by atoms with Gasteiger partial charge in [0.05, 0.1) is 6.10 Å². The molecule has 1 aliphatic heterocycles. The van der Waals surface area contributed by atoms with E-state index in [2.05, 4.69) is 15.9 Å². The molecule has 0 spiro atoms. The highest BCUT2D eigenvalue weighted by Crippen LogP contribution is 2.45. The third-order valence-electron chi connectivity index (χ3n) is 3.05. The summed E-state index contributed by atoms with van der Waals surface area (Å²) in [4.78, 5) is 0. The zero-order valence-electron chi connectivity index (χ0n) is 8.78. The number of aliphatic hydroxyl groups is 1. The Morgan fingerprint density at radius 2 is 1.81 bits per heavy atom. The first kappa shape index (κ1) is 10.4. The summed E-state index contributed by atoms with van der Waals surface area (Å²) in [5, 5.41) is 10.1. The van der Waals surface area contributed by atoms with Crippen molar-refractivity contribution in [2.45, 2.75) is 18.9 Å². The van der Waals surface area contributed by atoms with Crippen LogP contribution in [0.5, 0.6) is 11.5 Å². The summed E-state index contributed by atoms with van der Waals surface area (Å²) in [6.45, 7) is 1.16. The quantitative estimate of drug-likeness (QED) is 0.908. The number of hydrogen-bond acceptors (Lipinski definition) is 3. The highest BCUT2D eigenvalue weighted by Gasteiger charge is 2.32. The minimum absolute atomic E-state index is 0.384. The normalized spacial score (nSPS) is 20.6. The molecule has 1 aromatic rings. The van der Waals surface area contributed by atoms with Gasteiger partial charge in [0, 0.05) is 4.47 Å².